The Morgan fingerprint density at radius 3 is 2.30 bits per heavy atom. The Balaban J connectivity index is 0.00000320. The van der Waals surface area contributed by atoms with E-state index in [1.807, 2.05) is 18.2 Å². The predicted octanol–water partition coefficient (Wildman–Crippen LogP) is 4.90. The minimum absolute atomic E-state index is 0. The number of nitrogens with two attached hydrogens (primary N) is 1. The smallest absolute Gasteiger partial charge is 0.330 e. The number of nitrogens with one attached hydrogen (secondary N) is 1. The molecule has 0 spiro atoms. The first-order valence-electron chi connectivity index (χ1n) is 9.22. The third-order valence-electron chi connectivity index (χ3n) is 5.57. The molecule has 0 aromatic heterocycles. The molecule has 0 bridgehead atoms. The summed E-state index contributed by atoms with van der Waals surface area (Å²) in [7, 11) is -4.31. The van der Waals surface area contributed by atoms with Gasteiger partial charge >= 0.3 is 6.18 Å². The zero-order valence-corrected chi connectivity index (χ0v) is 18.3. The number of alkyl halides is 3. The quantitative estimate of drug-likeness (QED) is 0.636. The third-order valence-corrected chi connectivity index (χ3v) is 7.39. The van der Waals surface area contributed by atoms with E-state index in [-0.39, 0.29) is 17.8 Å². The summed E-state index contributed by atoms with van der Waals surface area (Å²) in [5, 5.41) is 0.599. The van der Waals surface area contributed by atoms with Crippen LogP contribution < -0.4 is 10.5 Å². The zero-order chi connectivity index (χ0) is 21.3. The predicted molar refractivity (Wildman–Crippen MR) is 113 cm³/mol. The second kappa shape index (κ2) is 9.44. The van der Waals surface area contributed by atoms with Crippen LogP contribution in [-0.4, -0.2) is 21.0 Å². The van der Waals surface area contributed by atoms with Gasteiger partial charge in [0.15, 0.2) is 0 Å². The largest absolute Gasteiger partial charge is 0.417 e. The van der Waals surface area contributed by atoms with E-state index in [0.717, 1.165) is 17.7 Å². The first-order valence-corrected chi connectivity index (χ1v) is 11.1. The Kier molecular flexibility index (Phi) is 7.85. The van der Waals surface area contributed by atoms with Gasteiger partial charge in [-0.25, -0.2) is 13.1 Å². The van der Waals surface area contributed by atoms with Crippen molar-refractivity contribution in [3.8, 4) is 0 Å². The van der Waals surface area contributed by atoms with Crippen LogP contribution in [0.4, 0.5) is 13.2 Å². The van der Waals surface area contributed by atoms with Gasteiger partial charge in [0.25, 0.3) is 0 Å². The zero-order valence-electron chi connectivity index (χ0n) is 16.0. The van der Waals surface area contributed by atoms with Gasteiger partial charge in [-0.2, -0.15) is 13.2 Å². The highest BCUT2D eigenvalue weighted by Gasteiger charge is 2.40. The Labute approximate surface area is 185 Å². The molecule has 0 aliphatic heterocycles. The molecule has 0 amide bonds. The lowest BCUT2D eigenvalue weighted by atomic mass is 9.68. The highest BCUT2D eigenvalue weighted by molar-refractivity contribution is 7.89. The second-order valence-electron chi connectivity index (χ2n) is 7.38. The standard InChI is InChI=1S/C20H22ClF3N2O2S.ClH/c21-15-5-3-4-14(12-15)19(13-25)10-8-16(9-11-19)26-29(27,28)18-7-2-1-6-17(18)20(22,23)24;/h1-7,12,16,26H,8-11,13,25H2;1H. The van der Waals surface area contributed by atoms with E-state index in [2.05, 4.69) is 4.72 Å². The van der Waals surface area contributed by atoms with E-state index < -0.39 is 32.7 Å². The monoisotopic (exact) mass is 482 g/mol. The summed E-state index contributed by atoms with van der Waals surface area (Å²) in [6.45, 7) is 0.379. The lowest BCUT2D eigenvalue weighted by molar-refractivity contribution is -0.139. The van der Waals surface area contributed by atoms with Crippen LogP contribution in [0.1, 0.15) is 36.8 Å². The highest BCUT2D eigenvalue weighted by Crippen LogP contribution is 2.40. The molecule has 3 N–H and O–H groups in total. The van der Waals surface area contributed by atoms with Crippen molar-refractivity contribution in [1.82, 2.24) is 4.72 Å². The summed E-state index contributed by atoms with van der Waals surface area (Å²) in [5.41, 5.74) is 5.55. The number of hydrogen-bond acceptors (Lipinski definition) is 3. The molecule has 0 atom stereocenters. The van der Waals surface area contributed by atoms with Gasteiger partial charge in [0.2, 0.25) is 10.0 Å². The molecule has 0 saturated heterocycles. The molecular formula is C20H23Cl2F3N2O2S. The maximum atomic E-state index is 13.2. The van der Waals surface area contributed by atoms with Crippen molar-refractivity contribution in [2.45, 2.75) is 48.2 Å². The van der Waals surface area contributed by atoms with Crippen LogP contribution in [0.3, 0.4) is 0 Å². The molecule has 2 aromatic rings. The summed E-state index contributed by atoms with van der Waals surface area (Å²) < 4.78 is 67.4. The van der Waals surface area contributed by atoms with Crippen LogP contribution in [0.5, 0.6) is 0 Å². The number of sulfonamides is 1. The van der Waals surface area contributed by atoms with Crippen LogP contribution >= 0.6 is 24.0 Å². The van der Waals surface area contributed by atoms with Crippen LogP contribution in [0.15, 0.2) is 53.4 Å². The molecule has 0 heterocycles. The fraction of sp³-hybridized carbons (Fsp3) is 0.400. The van der Waals surface area contributed by atoms with E-state index in [1.165, 1.54) is 12.1 Å². The molecule has 1 aliphatic carbocycles. The van der Waals surface area contributed by atoms with Crippen molar-refractivity contribution in [2.75, 3.05) is 6.54 Å². The molecule has 4 nitrogen and oxygen atoms in total. The summed E-state index contributed by atoms with van der Waals surface area (Å²) in [4.78, 5) is -0.752. The second-order valence-corrected chi connectivity index (χ2v) is 9.50. The van der Waals surface area contributed by atoms with Crippen molar-refractivity contribution in [3.05, 3.63) is 64.7 Å². The van der Waals surface area contributed by atoms with Crippen LogP contribution in [0.25, 0.3) is 0 Å². The van der Waals surface area contributed by atoms with Gasteiger partial charge in [0, 0.05) is 23.0 Å². The Bertz CT molecular complexity index is 976. The maximum Gasteiger partial charge on any atom is 0.417 e. The molecule has 1 saturated carbocycles. The summed E-state index contributed by atoms with van der Waals surface area (Å²) >= 11 is 6.09. The number of rotatable bonds is 5. The average molecular weight is 483 g/mol. The molecule has 0 unspecified atom stereocenters. The van der Waals surface area contributed by atoms with Crippen molar-refractivity contribution in [3.63, 3.8) is 0 Å². The van der Waals surface area contributed by atoms with Crippen LogP contribution in [-0.2, 0) is 21.6 Å². The Hall–Kier alpha value is -1.32. The van der Waals surface area contributed by atoms with Gasteiger partial charge in [-0.1, -0.05) is 35.9 Å². The van der Waals surface area contributed by atoms with Crippen molar-refractivity contribution in [2.24, 2.45) is 5.73 Å². The first-order chi connectivity index (χ1) is 13.6. The van der Waals surface area contributed by atoms with Gasteiger partial charge in [-0.15, -0.1) is 12.4 Å². The molecule has 30 heavy (non-hydrogen) atoms. The molecular weight excluding hydrogens is 460 g/mol. The first kappa shape index (κ1) is 24.9. The average Bonchev–Trinajstić information content (AvgIpc) is 2.68. The highest BCUT2D eigenvalue weighted by atomic mass is 35.5. The molecule has 10 heteroatoms. The topological polar surface area (TPSA) is 72.2 Å². The fourth-order valence-corrected chi connectivity index (χ4v) is 5.66. The lowest BCUT2D eigenvalue weighted by Gasteiger charge is -2.40. The molecule has 2 aromatic carbocycles. The minimum Gasteiger partial charge on any atom is -0.330 e. The van der Waals surface area contributed by atoms with E-state index in [4.69, 9.17) is 17.3 Å². The third kappa shape index (κ3) is 5.29. The summed E-state index contributed by atoms with van der Waals surface area (Å²) in [6.07, 6.45) is -2.59. The van der Waals surface area contributed by atoms with E-state index in [0.29, 0.717) is 37.3 Å². The Morgan fingerprint density at radius 2 is 1.73 bits per heavy atom. The van der Waals surface area contributed by atoms with Gasteiger partial charge in [-0.3, -0.25) is 0 Å². The number of benzene rings is 2. The van der Waals surface area contributed by atoms with Gasteiger partial charge in [0.05, 0.1) is 10.5 Å². The molecule has 166 valence electrons. The molecule has 1 aliphatic rings. The minimum atomic E-state index is -4.75. The van der Waals surface area contributed by atoms with Crippen LogP contribution in [0, 0.1) is 0 Å². The maximum absolute atomic E-state index is 13.2. The van der Waals surface area contributed by atoms with Gasteiger partial charge in [0.1, 0.15) is 0 Å². The van der Waals surface area contributed by atoms with E-state index in [9.17, 15) is 21.6 Å². The lowest BCUT2D eigenvalue weighted by Crippen LogP contribution is -2.45. The molecule has 3 rings (SSSR count). The van der Waals surface area contributed by atoms with E-state index in [1.54, 1.807) is 6.07 Å². The van der Waals surface area contributed by atoms with Gasteiger partial charge < -0.3 is 5.73 Å². The van der Waals surface area contributed by atoms with Crippen molar-refractivity contribution >= 4 is 34.0 Å². The summed E-state index contributed by atoms with van der Waals surface area (Å²) in [6, 6.07) is 11.2. The van der Waals surface area contributed by atoms with Gasteiger partial charge in [-0.05, 0) is 55.5 Å². The van der Waals surface area contributed by atoms with E-state index >= 15 is 0 Å². The van der Waals surface area contributed by atoms with Crippen molar-refractivity contribution in [1.29, 1.82) is 0 Å². The molecule has 1 fully saturated rings. The molecule has 0 radical (unpaired) electrons. The number of halogens is 5. The fourth-order valence-electron chi connectivity index (χ4n) is 3.94. The summed E-state index contributed by atoms with van der Waals surface area (Å²) in [5.74, 6) is 0. The van der Waals surface area contributed by atoms with Crippen LogP contribution in [0.2, 0.25) is 5.02 Å². The number of hydrogen-bond donors (Lipinski definition) is 2. The normalized spacial score (nSPS) is 22.4. The Morgan fingerprint density at radius 1 is 1.10 bits per heavy atom. The van der Waals surface area contributed by atoms with Crippen molar-refractivity contribution < 1.29 is 21.6 Å². The SMILES string of the molecule is Cl.NCC1(c2cccc(Cl)c2)CCC(NS(=O)(=O)c2ccccc2C(F)(F)F)CC1.